The number of amides is 1. The van der Waals surface area contributed by atoms with E-state index in [1.54, 1.807) is 4.57 Å². The van der Waals surface area contributed by atoms with Crippen LogP contribution in [0.15, 0.2) is 29.1 Å². The second-order valence-electron chi connectivity index (χ2n) is 8.02. The zero-order chi connectivity index (χ0) is 20.4. The molecule has 0 N–H and O–H groups in total. The molecule has 2 aromatic rings. The van der Waals surface area contributed by atoms with Gasteiger partial charge in [0.1, 0.15) is 0 Å². The Labute approximate surface area is 171 Å². The third kappa shape index (κ3) is 3.88. The Hall–Kier alpha value is -2.41. The first-order valence-corrected chi connectivity index (χ1v) is 10.9. The lowest BCUT2D eigenvalue weighted by Crippen LogP contribution is -2.52. The molecule has 1 atom stereocenters. The van der Waals surface area contributed by atoms with Gasteiger partial charge in [-0.25, -0.2) is 4.98 Å². The van der Waals surface area contributed by atoms with Gasteiger partial charge in [0, 0.05) is 45.8 Å². The van der Waals surface area contributed by atoms with E-state index in [-0.39, 0.29) is 17.4 Å². The monoisotopic (exact) mass is 397 g/mol. The number of benzene rings is 1. The van der Waals surface area contributed by atoms with Gasteiger partial charge in [0.05, 0.1) is 17.0 Å². The predicted octanol–water partition coefficient (Wildman–Crippen LogP) is 1.80. The van der Waals surface area contributed by atoms with E-state index < -0.39 is 0 Å². The molecule has 0 aliphatic carbocycles. The van der Waals surface area contributed by atoms with Gasteiger partial charge in [0.2, 0.25) is 5.91 Å². The summed E-state index contributed by atoms with van der Waals surface area (Å²) < 4.78 is 1.78. The van der Waals surface area contributed by atoms with E-state index in [4.69, 9.17) is 4.98 Å². The summed E-state index contributed by atoms with van der Waals surface area (Å²) in [5.74, 6) is 0.667. The summed E-state index contributed by atoms with van der Waals surface area (Å²) >= 11 is 0. The fourth-order valence-electron chi connectivity index (χ4n) is 4.61. The van der Waals surface area contributed by atoms with Crippen molar-refractivity contribution in [3.05, 3.63) is 34.6 Å². The molecule has 2 aliphatic rings. The topological polar surface area (TPSA) is 61.7 Å². The molecule has 1 aromatic carbocycles. The average Bonchev–Trinajstić information content (AvgIpc) is 2.78. The molecular formula is C22H31N5O2. The molecule has 2 fully saturated rings. The maximum Gasteiger partial charge on any atom is 0.293 e. The second-order valence-corrected chi connectivity index (χ2v) is 8.02. The Morgan fingerprint density at radius 2 is 1.83 bits per heavy atom. The van der Waals surface area contributed by atoms with Crippen LogP contribution in [0.3, 0.4) is 0 Å². The van der Waals surface area contributed by atoms with Crippen LogP contribution >= 0.6 is 0 Å². The lowest BCUT2D eigenvalue weighted by Gasteiger charge is -2.39. The Kier molecular flexibility index (Phi) is 5.85. The first kappa shape index (κ1) is 19.9. The smallest absolute Gasteiger partial charge is 0.293 e. The minimum Gasteiger partial charge on any atom is -0.351 e. The van der Waals surface area contributed by atoms with Crippen LogP contribution in [0.4, 0.5) is 5.82 Å². The molecule has 2 saturated heterocycles. The van der Waals surface area contributed by atoms with Gasteiger partial charge < -0.3 is 19.3 Å². The van der Waals surface area contributed by atoms with Gasteiger partial charge in [0.25, 0.3) is 5.56 Å². The van der Waals surface area contributed by atoms with Crippen LogP contribution in [0.5, 0.6) is 0 Å². The van der Waals surface area contributed by atoms with Gasteiger partial charge in [-0.15, -0.1) is 0 Å². The number of aryl methyl sites for hydroxylation is 1. The number of piperidine rings is 1. The molecule has 3 heterocycles. The van der Waals surface area contributed by atoms with Gasteiger partial charge in [-0.3, -0.25) is 9.59 Å². The van der Waals surface area contributed by atoms with Crippen LogP contribution in [0.1, 0.15) is 26.7 Å². The minimum atomic E-state index is -0.0594. The number of carbonyl (C=O) groups excluding carboxylic acids is 1. The SMILES string of the molecule is CCN1CCN(C(=O)[C@H]2CCCN(c3nc4ccccc4n(CC)c3=O)C2)CC1. The molecular weight excluding hydrogens is 366 g/mol. The number of rotatable bonds is 4. The van der Waals surface area contributed by atoms with Crippen molar-refractivity contribution in [1.29, 1.82) is 0 Å². The molecule has 4 rings (SSSR count). The highest BCUT2D eigenvalue weighted by molar-refractivity contribution is 5.80. The molecule has 7 heteroatoms. The number of piperazine rings is 1. The highest BCUT2D eigenvalue weighted by atomic mass is 16.2. The second kappa shape index (κ2) is 8.53. The number of carbonyl (C=O) groups is 1. The standard InChI is InChI=1S/C22H31N5O2/c1-3-24-12-14-25(15-13-24)21(28)17-8-7-11-26(16-17)20-22(29)27(4-2)19-10-6-5-9-18(19)23-20/h5-6,9-10,17H,3-4,7-8,11-16H2,1-2H3/t17-/m0/s1. The number of fused-ring (bicyclic) bond motifs is 1. The zero-order valence-electron chi connectivity index (χ0n) is 17.5. The normalized spacial score (nSPS) is 21.0. The molecule has 7 nitrogen and oxygen atoms in total. The number of aromatic nitrogens is 2. The number of nitrogens with zero attached hydrogens (tertiary/aromatic N) is 5. The molecule has 1 amide bonds. The van der Waals surface area contributed by atoms with E-state index in [2.05, 4.69) is 11.8 Å². The maximum absolute atomic E-state index is 13.1. The summed E-state index contributed by atoms with van der Waals surface area (Å²) in [4.78, 5) is 37.4. The number of anilines is 1. The summed E-state index contributed by atoms with van der Waals surface area (Å²) in [7, 11) is 0. The lowest BCUT2D eigenvalue weighted by atomic mass is 9.96. The highest BCUT2D eigenvalue weighted by Gasteiger charge is 2.32. The third-order valence-corrected chi connectivity index (χ3v) is 6.35. The van der Waals surface area contributed by atoms with Crippen LogP contribution < -0.4 is 10.5 Å². The van der Waals surface area contributed by atoms with Crippen molar-refractivity contribution in [3.8, 4) is 0 Å². The molecule has 0 bridgehead atoms. The van der Waals surface area contributed by atoms with Crippen molar-refractivity contribution in [2.24, 2.45) is 5.92 Å². The van der Waals surface area contributed by atoms with Gasteiger partial charge in [-0.1, -0.05) is 19.1 Å². The zero-order valence-corrected chi connectivity index (χ0v) is 17.5. The average molecular weight is 398 g/mol. The summed E-state index contributed by atoms with van der Waals surface area (Å²) in [5.41, 5.74) is 1.63. The molecule has 0 spiro atoms. The molecule has 1 aromatic heterocycles. The van der Waals surface area contributed by atoms with Crippen LogP contribution in [-0.2, 0) is 11.3 Å². The lowest BCUT2D eigenvalue weighted by molar-refractivity contribution is -0.137. The summed E-state index contributed by atoms with van der Waals surface area (Å²) in [6.07, 6.45) is 1.80. The van der Waals surface area contributed by atoms with Crippen LogP contribution in [0.2, 0.25) is 0 Å². The number of hydrogen-bond acceptors (Lipinski definition) is 5. The van der Waals surface area contributed by atoms with Crippen LogP contribution in [-0.4, -0.2) is 71.1 Å². The Bertz CT molecular complexity index is 932. The summed E-state index contributed by atoms with van der Waals surface area (Å²) in [6, 6.07) is 7.77. The molecule has 29 heavy (non-hydrogen) atoms. The summed E-state index contributed by atoms with van der Waals surface area (Å²) in [5, 5.41) is 0. The third-order valence-electron chi connectivity index (χ3n) is 6.35. The van der Waals surface area contributed by atoms with E-state index >= 15 is 0 Å². The quantitative estimate of drug-likeness (QED) is 0.787. The van der Waals surface area contributed by atoms with Crippen molar-refractivity contribution < 1.29 is 4.79 Å². The molecule has 0 unspecified atom stereocenters. The number of hydrogen-bond donors (Lipinski definition) is 0. The number of para-hydroxylation sites is 2. The highest BCUT2D eigenvalue weighted by Crippen LogP contribution is 2.23. The first-order chi connectivity index (χ1) is 14.1. The van der Waals surface area contributed by atoms with Gasteiger partial charge >= 0.3 is 0 Å². The molecule has 0 saturated carbocycles. The molecule has 0 radical (unpaired) electrons. The van der Waals surface area contributed by atoms with Crippen molar-refractivity contribution in [2.45, 2.75) is 33.2 Å². The number of likely N-dealkylation sites (N-methyl/N-ethyl adjacent to an activating group) is 1. The Morgan fingerprint density at radius 3 is 2.55 bits per heavy atom. The predicted molar refractivity (Wildman–Crippen MR) is 115 cm³/mol. The van der Waals surface area contributed by atoms with Gasteiger partial charge in [-0.05, 0) is 38.4 Å². The van der Waals surface area contributed by atoms with Gasteiger partial charge in [0.15, 0.2) is 5.82 Å². The van der Waals surface area contributed by atoms with E-state index in [1.807, 2.05) is 41.0 Å². The van der Waals surface area contributed by atoms with Crippen molar-refractivity contribution in [3.63, 3.8) is 0 Å². The van der Waals surface area contributed by atoms with Crippen LogP contribution in [0.25, 0.3) is 11.0 Å². The minimum absolute atomic E-state index is 0.0559. The van der Waals surface area contributed by atoms with Crippen molar-refractivity contribution in [2.75, 3.05) is 50.7 Å². The summed E-state index contributed by atoms with van der Waals surface area (Å²) in [6.45, 7) is 10.7. The van der Waals surface area contributed by atoms with E-state index in [0.717, 1.165) is 63.1 Å². The van der Waals surface area contributed by atoms with Crippen LogP contribution in [0, 0.1) is 5.92 Å². The van der Waals surface area contributed by atoms with E-state index in [1.165, 1.54) is 0 Å². The molecule has 2 aliphatic heterocycles. The fourth-order valence-corrected chi connectivity index (χ4v) is 4.61. The Balaban J connectivity index is 1.55. The first-order valence-electron chi connectivity index (χ1n) is 10.9. The maximum atomic E-state index is 13.1. The van der Waals surface area contributed by atoms with E-state index in [9.17, 15) is 9.59 Å². The van der Waals surface area contributed by atoms with E-state index in [0.29, 0.717) is 18.9 Å². The van der Waals surface area contributed by atoms with Crippen molar-refractivity contribution in [1.82, 2.24) is 19.4 Å². The van der Waals surface area contributed by atoms with Gasteiger partial charge in [-0.2, -0.15) is 0 Å². The fraction of sp³-hybridized carbons (Fsp3) is 0.591. The van der Waals surface area contributed by atoms with Crippen molar-refractivity contribution >= 4 is 22.8 Å². The molecule has 156 valence electrons. The largest absolute Gasteiger partial charge is 0.351 e. The Morgan fingerprint density at radius 1 is 1.07 bits per heavy atom.